The van der Waals surface area contributed by atoms with Gasteiger partial charge >= 0.3 is 7.48 Å². The van der Waals surface area contributed by atoms with Gasteiger partial charge in [-0.3, -0.25) is 4.89 Å². The maximum absolute atomic E-state index is 13.0. The zero-order valence-electron chi connectivity index (χ0n) is 6.87. The Labute approximate surface area is 75.8 Å². The summed E-state index contributed by atoms with van der Waals surface area (Å²) < 4.78 is 13.0. The molecule has 0 spiro atoms. The van der Waals surface area contributed by atoms with Crippen molar-refractivity contribution in [1.82, 2.24) is 0 Å². The van der Waals surface area contributed by atoms with Crippen molar-refractivity contribution < 1.29 is 14.1 Å². The van der Waals surface area contributed by atoms with Gasteiger partial charge in [-0.2, -0.15) is 0 Å². The number of rotatable bonds is 1. The number of hydrogen-bond acceptors (Lipinski definition) is 3. The maximum atomic E-state index is 13.0. The first-order chi connectivity index (χ1) is 6.27. The van der Waals surface area contributed by atoms with Crippen molar-refractivity contribution in [2.75, 3.05) is 12.3 Å². The van der Waals surface area contributed by atoms with E-state index < -0.39 is 5.82 Å². The standard InChI is InChI=1S/C8H8BFNO2/c10-7-3-5(1-2-8(7)11)6-4-12-13-9-6/h1-3,6H,4,11H2. The fourth-order valence-corrected chi connectivity index (χ4v) is 1.21. The van der Waals surface area contributed by atoms with Gasteiger partial charge in [0.25, 0.3) is 0 Å². The van der Waals surface area contributed by atoms with Crippen molar-refractivity contribution in [3.63, 3.8) is 0 Å². The molecule has 1 saturated heterocycles. The summed E-state index contributed by atoms with van der Waals surface area (Å²) in [6.07, 6.45) is 0. The van der Waals surface area contributed by atoms with E-state index in [0.717, 1.165) is 5.56 Å². The largest absolute Gasteiger partial charge is 0.396 e. The maximum Gasteiger partial charge on any atom is 0.354 e. The number of nitrogens with two attached hydrogens (primary N) is 1. The van der Waals surface area contributed by atoms with E-state index in [-0.39, 0.29) is 11.5 Å². The molecule has 1 unspecified atom stereocenters. The molecule has 0 saturated carbocycles. The van der Waals surface area contributed by atoms with Crippen molar-refractivity contribution >= 4 is 13.2 Å². The smallest absolute Gasteiger partial charge is 0.354 e. The Morgan fingerprint density at radius 2 is 2.38 bits per heavy atom. The molecule has 1 atom stereocenters. The van der Waals surface area contributed by atoms with E-state index in [4.69, 9.17) is 5.73 Å². The molecular formula is C8H8BFNO2. The predicted molar refractivity (Wildman–Crippen MR) is 46.3 cm³/mol. The summed E-state index contributed by atoms with van der Waals surface area (Å²) in [6.45, 7) is 0.420. The molecule has 13 heavy (non-hydrogen) atoms. The second-order valence-corrected chi connectivity index (χ2v) is 2.90. The summed E-state index contributed by atoms with van der Waals surface area (Å²) in [5.74, 6) is -0.409. The van der Waals surface area contributed by atoms with Crippen LogP contribution in [0, 0.1) is 5.82 Å². The Balaban J connectivity index is 2.25. The first-order valence-corrected chi connectivity index (χ1v) is 3.94. The molecule has 2 N–H and O–H groups in total. The van der Waals surface area contributed by atoms with E-state index in [0.29, 0.717) is 6.61 Å². The SMILES string of the molecule is Nc1ccc(C2[B]OOC2)cc1F. The number of nitrogen functional groups attached to an aromatic ring is 1. The highest BCUT2D eigenvalue weighted by molar-refractivity contribution is 6.30. The summed E-state index contributed by atoms with van der Waals surface area (Å²) in [6, 6.07) is 4.70. The lowest BCUT2D eigenvalue weighted by Gasteiger charge is -2.05. The molecule has 2 rings (SSSR count). The van der Waals surface area contributed by atoms with Gasteiger partial charge in [0.05, 0.1) is 12.3 Å². The predicted octanol–water partition coefficient (Wildman–Crippen LogP) is 1.03. The van der Waals surface area contributed by atoms with E-state index >= 15 is 0 Å². The summed E-state index contributed by atoms with van der Waals surface area (Å²) in [4.78, 5) is 9.28. The van der Waals surface area contributed by atoms with Gasteiger partial charge in [-0.25, -0.2) is 4.39 Å². The minimum Gasteiger partial charge on any atom is -0.396 e. The summed E-state index contributed by atoms with van der Waals surface area (Å²) in [7, 11) is 1.53. The van der Waals surface area contributed by atoms with Crippen molar-refractivity contribution in [3.8, 4) is 0 Å². The molecule has 0 aromatic heterocycles. The molecule has 1 heterocycles. The fraction of sp³-hybridized carbons (Fsp3) is 0.250. The van der Waals surface area contributed by atoms with Crippen LogP contribution in [0.3, 0.4) is 0 Å². The minimum atomic E-state index is -0.405. The molecule has 1 radical (unpaired) electrons. The topological polar surface area (TPSA) is 44.5 Å². The number of hydrogen-bond donors (Lipinski definition) is 1. The third kappa shape index (κ3) is 1.66. The minimum absolute atomic E-state index is 0.00454. The van der Waals surface area contributed by atoms with Gasteiger partial charge in [-0.05, 0) is 17.7 Å². The molecule has 1 aromatic rings. The van der Waals surface area contributed by atoms with Crippen LogP contribution in [-0.2, 0) is 9.69 Å². The molecule has 67 valence electrons. The van der Waals surface area contributed by atoms with Crippen LogP contribution in [0.1, 0.15) is 11.4 Å². The van der Waals surface area contributed by atoms with Gasteiger partial charge in [0.1, 0.15) is 5.82 Å². The van der Waals surface area contributed by atoms with E-state index in [1.807, 2.05) is 0 Å². The van der Waals surface area contributed by atoms with E-state index in [2.05, 4.69) is 9.69 Å². The highest BCUT2D eigenvalue weighted by Crippen LogP contribution is 2.22. The molecule has 1 aliphatic heterocycles. The second-order valence-electron chi connectivity index (χ2n) is 2.90. The lowest BCUT2D eigenvalue weighted by Crippen LogP contribution is -2.05. The zero-order chi connectivity index (χ0) is 9.26. The van der Waals surface area contributed by atoms with E-state index in [9.17, 15) is 4.39 Å². The Kier molecular flexibility index (Phi) is 2.20. The van der Waals surface area contributed by atoms with Gasteiger partial charge in [0.2, 0.25) is 0 Å². The third-order valence-corrected chi connectivity index (χ3v) is 1.99. The van der Waals surface area contributed by atoms with Crippen molar-refractivity contribution in [2.24, 2.45) is 0 Å². The molecule has 3 nitrogen and oxygen atoms in total. The van der Waals surface area contributed by atoms with Crippen molar-refractivity contribution in [3.05, 3.63) is 29.6 Å². The van der Waals surface area contributed by atoms with E-state index in [1.54, 1.807) is 6.07 Å². The molecule has 0 amide bonds. The van der Waals surface area contributed by atoms with Gasteiger partial charge in [-0.1, -0.05) is 6.07 Å². The molecule has 0 bridgehead atoms. The highest BCUT2D eigenvalue weighted by Gasteiger charge is 2.22. The Morgan fingerprint density at radius 1 is 1.54 bits per heavy atom. The van der Waals surface area contributed by atoms with Crippen LogP contribution in [-0.4, -0.2) is 14.1 Å². The van der Waals surface area contributed by atoms with Crippen LogP contribution in [0.4, 0.5) is 10.1 Å². The normalized spacial score (nSPS) is 21.5. The lowest BCUT2D eigenvalue weighted by molar-refractivity contribution is -0.183. The quantitative estimate of drug-likeness (QED) is 0.398. The first kappa shape index (κ1) is 8.53. The van der Waals surface area contributed by atoms with Crippen molar-refractivity contribution in [2.45, 2.75) is 5.82 Å². The lowest BCUT2D eigenvalue weighted by atomic mass is 9.77. The van der Waals surface area contributed by atoms with E-state index in [1.165, 1.54) is 19.6 Å². The molecular weight excluding hydrogens is 172 g/mol. The van der Waals surface area contributed by atoms with Crippen LogP contribution in [0.15, 0.2) is 18.2 Å². The van der Waals surface area contributed by atoms with Gasteiger partial charge in [-0.15, -0.1) is 0 Å². The summed E-state index contributed by atoms with van der Waals surface area (Å²) >= 11 is 0. The first-order valence-electron chi connectivity index (χ1n) is 3.94. The average Bonchev–Trinajstić information content (AvgIpc) is 2.62. The summed E-state index contributed by atoms with van der Waals surface area (Å²) in [5.41, 5.74) is 6.31. The molecule has 1 aliphatic rings. The van der Waals surface area contributed by atoms with Crippen LogP contribution in [0.25, 0.3) is 0 Å². The molecule has 0 aliphatic carbocycles. The number of benzene rings is 1. The Bertz CT molecular complexity index is 315. The van der Waals surface area contributed by atoms with Crippen LogP contribution in [0.2, 0.25) is 0 Å². The highest BCUT2D eigenvalue weighted by atomic mass is 19.1. The average molecular weight is 180 g/mol. The van der Waals surface area contributed by atoms with Crippen LogP contribution in [0.5, 0.6) is 0 Å². The van der Waals surface area contributed by atoms with Crippen molar-refractivity contribution in [1.29, 1.82) is 0 Å². The molecule has 5 heteroatoms. The van der Waals surface area contributed by atoms with Crippen LogP contribution < -0.4 is 5.73 Å². The molecule has 1 aromatic carbocycles. The monoisotopic (exact) mass is 180 g/mol. The van der Waals surface area contributed by atoms with Gasteiger partial charge < -0.3 is 10.5 Å². The number of halogens is 1. The van der Waals surface area contributed by atoms with Gasteiger partial charge in [0.15, 0.2) is 0 Å². The van der Waals surface area contributed by atoms with Crippen LogP contribution >= 0.6 is 0 Å². The second kappa shape index (κ2) is 3.36. The molecule has 1 fully saturated rings. The fourth-order valence-electron chi connectivity index (χ4n) is 1.21. The zero-order valence-corrected chi connectivity index (χ0v) is 6.87. The Hall–Kier alpha value is -1.07. The summed E-state index contributed by atoms with van der Waals surface area (Å²) in [5, 5.41) is 0. The third-order valence-electron chi connectivity index (χ3n) is 1.99. The number of anilines is 1. The Morgan fingerprint density at radius 3 is 3.00 bits per heavy atom. The van der Waals surface area contributed by atoms with Gasteiger partial charge in [0, 0.05) is 5.82 Å².